The van der Waals surface area contributed by atoms with Crippen LogP contribution in [0, 0.1) is 0 Å². The highest BCUT2D eigenvalue weighted by molar-refractivity contribution is 5.84. The first-order valence-electron chi connectivity index (χ1n) is 5.86. The van der Waals surface area contributed by atoms with Gasteiger partial charge in [-0.25, -0.2) is 0 Å². The number of amides is 1. The molecular formula is C13H20N2O4. The summed E-state index contributed by atoms with van der Waals surface area (Å²) < 4.78 is 10.7. The van der Waals surface area contributed by atoms with Crippen molar-refractivity contribution in [2.24, 2.45) is 5.73 Å². The molecular weight excluding hydrogens is 248 g/mol. The van der Waals surface area contributed by atoms with Gasteiger partial charge in [0.2, 0.25) is 5.91 Å². The van der Waals surface area contributed by atoms with Crippen LogP contribution in [0.4, 0.5) is 0 Å². The quantitative estimate of drug-likeness (QED) is 0.648. The van der Waals surface area contributed by atoms with Gasteiger partial charge in [0.15, 0.2) is 11.5 Å². The van der Waals surface area contributed by atoms with Crippen molar-refractivity contribution in [3.63, 3.8) is 0 Å². The molecule has 0 radical (unpaired) electrons. The van der Waals surface area contributed by atoms with Crippen molar-refractivity contribution < 1.29 is 19.4 Å². The molecule has 4 N–H and O–H groups in total. The van der Waals surface area contributed by atoms with E-state index in [1.807, 2.05) is 0 Å². The average Bonchev–Trinajstić information content (AvgIpc) is 2.44. The van der Waals surface area contributed by atoms with E-state index in [9.17, 15) is 4.79 Å². The minimum Gasteiger partial charge on any atom is -0.493 e. The van der Waals surface area contributed by atoms with E-state index >= 15 is 0 Å². The summed E-state index contributed by atoms with van der Waals surface area (Å²) in [4.78, 5) is 11.3. The van der Waals surface area contributed by atoms with Gasteiger partial charge in [-0.1, -0.05) is 6.07 Å². The Morgan fingerprint density at radius 2 is 2.16 bits per heavy atom. The number of hydrogen-bond acceptors (Lipinski definition) is 5. The normalized spacial score (nSPS) is 13.7. The lowest BCUT2D eigenvalue weighted by molar-refractivity contribution is -0.124. The number of nitrogens with two attached hydrogens (primary N) is 1. The summed E-state index contributed by atoms with van der Waals surface area (Å²) in [6, 6.07) is 5.08. The molecule has 1 aromatic carbocycles. The fourth-order valence-corrected chi connectivity index (χ4v) is 1.42. The van der Waals surface area contributed by atoms with Crippen molar-refractivity contribution in [1.29, 1.82) is 0 Å². The number of benzene rings is 1. The minimum absolute atomic E-state index is 0.0770. The van der Waals surface area contributed by atoms with E-state index in [0.717, 1.165) is 5.56 Å². The van der Waals surface area contributed by atoms with Crippen LogP contribution in [0.25, 0.3) is 0 Å². The number of carbonyl (C=O) groups is 1. The van der Waals surface area contributed by atoms with Gasteiger partial charge in [0, 0.05) is 0 Å². The minimum atomic E-state index is -0.958. The van der Waals surface area contributed by atoms with Crippen LogP contribution in [-0.4, -0.2) is 37.3 Å². The van der Waals surface area contributed by atoms with Crippen LogP contribution in [0.15, 0.2) is 18.2 Å². The molecule has 0 aliphatic carbocycles. The van der Waals surface area contributed by atoms with Crippen molar-refractivity contribution >= 4 is 5.91 Å². The smallest absolute Gasteiger partial charge is 0.240 e. The van der Waals surface area contributed by atoms with Crippen molar-refractivity contribution in [3.8, 4) is 11.5 Å². The molecule has 6 nitrogen and oxygen atoms in total. The maximum atomic E-state index is 11.3. The topological polar surface area (TPSA) is 93.8 Å². The molecule has 0 spiro atoms. The van der Waals surface area contributed by atoms with Gasteiger partial charge in [-0.3, -0.25) is 4.79 Å². The lowest BCUT2D eigenvalue weighted by Gasteiger charge is -2.25. The standard InChI is InChI=1S/C13H20N2O4/c1-13(15-2,12(14)17)8-19-10-5-4-9(7-16)6-11(10)18-3/h4-6,15-16H,7-8H2,1-3H3,(H2,14,17). The zero-order valence-electron chi connectivity index (χ0n) is 11.4. The van der Waals surface area contributed by atoms with Crippen LogP contribution in [0.5, 0.6) is 11.5 Å². The van der Waals surface area contributed by atoms with Crippen LogP contribution >= 0.6 is 0 Å². The van der Waals surface area contributed by atoms with Crippen molar-refractivity contribution in [2.75, 3.05) is 20.8 Å². The average molecular weight is 268 g/mol. The highest BCUT2D eigenvalue weighted by Gasteiger charge is 2.30. The summed E-state index contributed by atoms with van der Waals surface area (Å²) in [5, 5.41) is 11.9. The number of methoxy groups -OCH3 is 1. The Labute approximate surface area is 112 Å². The Morgan fingerprint density at radius 1 is 1.47 bits per heavy atom. The first-order valence-corrected chi connectivity index (χ1v) is 5.86. The highest BCUT2D eigenvalue weighted by atomic mass is 16.5. The van der Waals surface area contributed by atoms with Crippen molar-refractivity contribution in [3.05, 3.63) is 23.8 Å². The summed E-state index contributed by atoms with van der Waals surface area (Å²) in [5.74, 6) is 0.484. The number of ether oxygens (including phenoxy) is 2. The number of rotatable bonds is 7. The Hall–Kier alpha value is -1.79. The third-order valence-electron chi connectivity index (χ3n) is 3.02. The summed E-state index contributed by atoms with van der Waals surface area (Å²) in [5.41, 5.74) is 5.08. The number of hydrogen-bond donors (Lipinski definition) is 3. The number of carbonyl (C=O) groups excluding carboxylic acids is 1. The van der Waals surface area contributed by atoms with Gasteiger partial charge in [-0.2, -0.15) is 0 Å². The molecule has 106 valence electrons. The lowest BCUT2D eigenvalue weighted by atomic mass is 10.0. The number of aliphatic hydroxyl groups excluding tert-OH is 1. The molecule has 0 aliphatic heterocycles. The molecule has 0 aliphatic rings. The van der Waals surface area contributed by atoms with Crippen LogP contribution in [0.1, 0.15) is 12.5 Å². The highest BCUT2D eigenvalue weighted by Crippen LogP contribution is 2.28. The third-order valence-corrected chi connectivity index (χ3v) is 3.02. The second-order valence-electron chi connectivity index (χ2n) is 4.38. The van der Waals surface area contributed by atoms with Gasteiger partial charge in [-0.15, -0.1) is 0 Å². The van der Waals surface area contributed by atoms with Gasteiger partial charge in [-0.05, 0) is 31.7 Å². The van der Waals surface area contributed by atoms with Crippen LogP contribution in [-0.2, 0) is 11.4 Å². The number of aliphatic hydroxyl groups is 1. The summed E-state index contributed by atoms with van der Waals surface area (Å²) in [6.45, 7) is 1.66. The maximum absolute atomic E-state index is 11.3. The Morgan fingerprint density at radius 3 is 2.63 bits per heavy atom. The van der Waals surface area contributed by atoms with Gasteiger partial charge >= 0.3 is 0 Å². The molecule has 6 heteroatoms. The van der Waals surface area contributed by atoms with Crippen LogP contribution < -0.4 is 20.5 Å². The van der Waals surface area contributed by atoms with E-state index in [-0.39, 0.29) is 13.2 Å². The second kappa shape index (κ2) is 6.40. The monoisotopic (exact) mass is 268 g/mol. The first kappa shape index (κ1) is 15.3. The second-order valence-corrected chi connectivity index (χ2v) is 4.38. The molecule has 1 atom stereocenters. The molecule has 1 rings (SSSR count). The SMILES string of the molecule is CNC(C)(COc1ccc(CO)cc1OC)C(N)=O. The largest absolute Gasteiger partial charge is 0.493 e. The molecule has 1 unspecified atom stereocenters. The maximum Gasteiger partial charge on any atom is 0.240 e. The van der Waals surface area contributed by atoms with E-state index in [1.165, 1.54) is 7.11 Å². The van der Waals surface area contributed by atoms with Crippen LogP contribution in [0.3, 0.4) is 0 Å². The predicted octanol–water partition coefficient (Wildman–Crippen LogP) is 0.0297. The zero-order valence-corrected chi connectivity index (χ0v) is 11.4. The van der Waals surface area contributed by atoms with E-state index < -0.39 is 11.4 Å². The number of likely N-dealkylation sites (N-methyl/N-ethyl adjacent to an activating group) is 1. The molecule has 19 heavy (non-hydrogen) atoms. The Bertz CT molecular complexity index is 450. The summed E-state index contributed by atoms with van der Waals surface area (Å²) in [7, 11) is 3.15. The van der Waals surface area contributed by atoms with Gasteiger partial charge in [0.05, 0.1) is 13.7 Å². The Balaban J connectivity index is 2.85. The van der Waals surface area contributed by atoms with Gasteiger partial charge < -0.3 is 25.6 Å². The van der Waals surface area contributed by atoms with Gasteiger partial charge in [0.1, 0.15) is 12.1 Å². The van der Waals surface area contributed by atoms with E-state index in [0.29, 0.717) is 11.5 Å². The number of primary amides is 1. The number of nitrogens with one attached hydrogen (secondary N) is 1. The van der Waals surface area contributed by atoms with E-state index in [2.05, 4.69) is 5.32 Å². The predicted molar refractivity (Wildman–Crippen MR) is 71.1 cm³/mol. The first-order chi connectivity index (χ1) is 8.96. The molecule has 1 amide bonds. The van der Waals surface area contributed by atoms with Gasteiger partial charge in [0.25, 0.3) is 0 Å². The molecule has 0 bridgehead atoms. The van der Waals surface area contributed by atoms with Crippen molar-refractivity contribution in [1.82, 2.24) is 5.32 Å². The molecule has 0 aromatic heterocycles. The third kappa shape index (κ3) is 3.59. The van der Waals surface area contributed by atoms with E-state index in [1.54, 1.807) is 32.2 Å². The van der Waals surface area contributed by atoms with Crippen molar-refractivity contribution in [2.45, 2.75) is 19.1 Å². The van der Waals surface area contributed by atoms with E-state index in [4.69, 9.17) is 20.3 Å². The zero-order chi connectivity index (χ0) is 14.5. The molecule has 0 heterocycles. The molecule has 1 aromatic rings. The fourth-order valence-electron chi connectivity index (χ4n) is 1.42. The molecule has 0 saturated heterocycles. The molecule has 0 fully saturated rings. The summed E-state index contributed by atoms with van der Waals surface area (Å²) >= 11 is 0. The summed E-state index contributed by atoms with van der Waals surface area (Å²) in [6.07, 6.45) is 0. The molecule has 0 saturated carbocycles. The lowest BCUT2D eigenvalue weighted by Crippen LogP contribution is -2.55. The van der Waals surface area contributed by atoms with Crippen LogP contribution in [0.2, 0.25) is 0 Å². The fraction of sp³-hybridized carbons (Fsp3) is 0.462. The Kier molecular flexibility index (Phi) is 5.14.